The van der Waals surface area contributed by atoms with Gasteiger partial charge in [-0.15, -0.1) is 0 Å². The van der Waals surface area contributed by atoms with Crippen molar-refractivity contribution >= 4 is 58.0 Å². The number of carbonyl (C=O) groups is 3. The highest BCUT2D eigenvalue weighted by molar-refractivity contribution is 6.40. The SMILES string of the molecule is COC(=O)C(Cc1c[nH]c(=O)nc1NC(=O)c1c(Cl)cccc1Cl)NC(=O)N1CCC(n2c(=O)[nH]c3ccccc32)CC1. The van der Waals surface area contributed by atoms with E-state index >= 15 is 0 Å². The van der Waals surface area contributed by atoms with Crippen LogP contribution in [0.2, 0.25) is 10.0 Å². The lowest BCUT2D eigenvalue weighted by molar-refractivity contribution is -0.142. The molecule has 1 fully saturated rings. The number of amides is 3. The van der Waals surface area contributed by atoms with Crippen LogP contribution in [-0.2, 0) is 16.0 Å². The van der Waals surface area contributed by atoms with Gasteiger partial charge < -0.3 is 30.2 Å². The average Bonchev–Trinajstić information content (AvgIpc) is 3.33. The highest BCUT2D eigenvalue weighted by Crippen LogP contribution is 2.27. The number of anilines is 1. The molecule has 2 aromatic carbocycles. The first-order chi connectivity index (χ1) is 20.7. The molecule has 13 nitrogen and oxygen atoms in total. The fraction of sp³-hybridized carbons (Fsp3) is 0.286. The third kappa shape index (κ3) is 6.42. The van der Waals surface area contributed by atoms with Gasteiger partial charge in [-0.3, -0.25) is 9.36 Å². The zero-order chi connectivity index (χ0) is 30.7. The molecule has 4 N–H and O–H groups in total. The molecule has 15 heteroatoms. The number of carbonyl (C=O) groups excluding carboxylic acids is 3. The largest absolute Gasteiger partial charge is 0.467 e. The molecule has 0 radical (unpaired) electrons. The number of hydrogen-bond acceptors (Lipinski definition) is 7. The Labute approximate surface area is 254 Å². The Morgan fingerprint density at radius 3 is 2.47 bits per heavy atom. The Balaban J connectivity index is 1.29. The number of aromatic amines is 2. The molecular formula is C28H27Cl2N7O6. The molecule has 3 heterocycles. The highest BCUT2D eigenvalue weighted by atomic mass is 35.5. The van der Waals surface area contributed by atoms with Crippen LogP contribution in [0.3, 0.4) is 0 Å². The number of urea groups is 1. The maximum Gasteiger partial charge on any atom is 0.346 e. The van der Waals surface area contributed by atoms with E-state index in [0.717, 1.165) is 11.0 Å². The number of benzene rings is 2. The van der Waals surface area contributed by atoms with Crippen LogP contribution in [0.15, 0.2) is 58.3 Å². The Morgan fingerprint density at radius 2 is 1.77 bits per heavy atom. The number of imidazole rings is 1. The topological polar surface area (TPSA) is 171 Å². The van der Waals surface area contributed by atoms with Gasteiger partial charge in [0.05, 0.1) is 33.8 Å². The number of rotatable bonds is 7. The minimum absolute atomic E-state index is 0.0185. The maximum absolute atomic E-state index is 13.2. The first kappa shape index (κ1) is 29.9. The van der Waals surface area contributed by atoms with Gasteiger partial charge in [-0.2, -0.15) is 4.98 Å². The summed E-state index contributed by atoms with van der Waals surface area (Å²) in [5.41, 5.74) is 0.815. The molecule has 0 spiro atoms. The van der Waals surface area contributed by atoms with Crippen LogP contribution >= 0.6 is 23.2 Å². The number of aromatic nitrogens is 4. The van der Waals surface area contributed by atoms with E-state index < -0.39 is 29.6 Å². The fourth-order valence-corrected chi connectivity index (χ4v) is 5.70. The molecule has 1 unspecified atom stereocenters. The van der Waals surface area contributed by atoms with E-state index in [1.807, 2.05) is 24.3 Å². The molecule has 4 aromatic rings. The van der Waals surface area contributed by atoms with Crippen molar-refractivity contribution in [2.24, 2.45) is 0 Å². The third-order valence-electron chi connectivity index (χ3n) is 7.26. The van der Waals surface area contributed by atoms with Crippen molar-refractivity contribution in [3.05, 3.63) is 90.8 Å². The second-order valence-corrected chi connectivity index (χ2v) is 10.7. The van der Waals surface area contributed by atoms with Gasteiger partial charge in [0.15, 0.2) is 0 Å². The van der Waals surface area contributed by atoms with Gasteiger partial charge in [0.25, 0.3) is 5.91 Å². The molecule has 224 valence electrons. The summed E-state index contributed by atoms with van der Waals surface area (Å²) in [4.78, 5) is 74.2. The molecule has 2 aromatic heterocycles. The molecule has 1 atom stereocenters. The molecule has 1 saturated heterocycles. The number of H-pyrrole nitrogens is 2. The number of hydrogen-bond donors (Lipinski definition) is 4. The number of para-hydroxylation sites is 2. The zero-order valence-electron chi connectivity index (χ0n) is 22.9. The van der Waals surface area contributed by atoms with Gasteiger partial charge in [-0.1, -0.05) is 41.4 Å². The summed E-state index contributed by atoms with van der Waals surface area (Å²) in [6, 6.07) is 10.2. The lowest BCUT2D eigenvalue weighted by atomic mass is 10.0. The molecule has 3 amide bonds. The standard InChI is InChI=1S/C28H27Cl2N7O6/c1-43-25(39)20(13-15-14-31-26(40)35-23(15)34-24(38)22-17(29)5-4-6-18(22)30)33-27(41)36-11-9-16(10-12-36)37-21-8-3-2-7-19(21)32-28(37)42/h2-8,14,16,20H,9-13H2,1H3,(H,32,42)(H,33,41)(H2,31,34,35,38,40). The summed E-state index contributed by atoms with van der Waals surface area (Å²) in [6.45, 7) is 0.687. The first-order valence-corrected chi connectivity index (χ1v) is 14.1. The number of methoxy groups -OCH3 is 1. The van der Waals surface area contributed by atoms with Crippen LogP contribution in [0.5, 0.6) is 0 Å². The van der Waals surface area contributed by atoms with Crippen molar-refractivity contribution in [1.29, 1.82) is 0 Å². The van der Waals surface area contributed by atoms with Crippen LogP contribution in [-0.4, -0.2) is 68.6 Å². The molecule has 43 heavy (non-hydrogen) atoms. The lowest BCUT2D eigenvalue weighted by Crippen LogP contribution is -2.51. The predicted molar refractivity (Wildman–Crippen MR) is 160 cm³/mol. The maximum atomic E-state index is 13.2. The molecule has 0 aliphatic carbocycles. The van der Waals surface area contributed by atoms with Crippen molar-refractivity contribution in [2.45, 2.75) is 31.3 Å². The van der Waals surface area contributed by atoms with E-state index in [0.29, 0.717) is 25.9 Å². The number of esters is 1. The number of halogens is 2. The Hall–Kier alpha value is -4.62. The van der Waals surface area contributed by atoms with Crippen LogP contribution in [0.1, 0.15) is 34.8 Å². The quantitative estimate of drug-likeness (QED) is 0.228. The van der Waals surface area contributed by atoms with Gasteiger partial charge in [0, 0.05) is 37.3 Å². The van der Waals surface area contributed by atoms with E-state index in [1.54, 1.807) is 15.5 Å². The van der Waals surface area contributed by atoms with Crippen molar-refractivity contribution in [3.8, 4) is 0 Å². The van der Waals surface area contributed by atoms with Gasteiger partial charge in [-0.05, 0) is 37.1 Å². The van der Waals surface area contributed by atoms with Gasteiger partial charge >= 0.3 is 23.4 Å². The average molecular weight is 628 g/mol. The van der Waals surface area contributed by atoms with E-state index in [4.69, 9.17) is 27.9 Å². The summed E-state index contributed by atoms with van der Waals surface area (Å²) in [5.74, 6) is -1.60. The summed E-state index contributed by atoms with van der Waals surface area (Å²) in [5, 5.41) is 5.39. The summed E-state index contributed by atoms with van der Waals surface area (Å²) in [6.07, 6.45) is 2.17. The van der Waals surface area contributed by atoms with Gasteiger partial charge in [0.2, 0.25) is 0 Å². The molecular weight excluding hydrogens is 601 g/mol. The Morgan fingerprint density at radius 1 is 1.07 bits per heavy atom. The normalized spacial score (nSPS) is 14.3. The number of piperidine rings is 1. The van der Waals surface area contributed by atoms with Crippen molar-refractivity contribution < 1.29 is 19.1 Å². The van der Waals surface area contributed by atoms with Crippen LogP contribution in [0.25, 0.3) is 11.0 Å². The van der Waals surface area contributed by atoms with Crippen molar-refractivity contribution in [2.75, 3.05) is 25.5 Å². The molecule has 5 rings (SSSR count). The summed E-state index contributed by atoms with van der Waals surface area (Å²) in [7, 11) is 1.18. The van der Waals surface area contributed by atoms with E-state index in [1.165, 1.54) is 25.4 Å². The minimum Gasteiger partial charge on any atom is -0.467 e. The van der Waals surface area contributed by atoms with Gasteiger partial charge in [-0.25, -0.2) is 19.2 Å². The van der Waals surface area contributed by atoms with Crippen LogP contribution < -0.4 is 22.0 Å². The number of nitrogens with zero attached hydrogens (tertiary/aromatic N) is 3. The second-order valence-electron chi connectivity index (χ2n) is 9.90. The smallest absolute Gasteiger partial charge is 0.346 e. The lowest BCUT2D eigenvalue weighted by Gasteiger charge is -2.33. The van der Waals surface area contributed by atoms with Crippen LogP contribution in [0, 0.1) is 0 Å². The van der Waals surface area contributed by atoms with E-state index in [2.05, 4.69) is 25.6 Å². The number of ether oxygens (including phenoxy) is 1. The highest BCUT2D eigenvalue weighted by Gasteiger charge is 2.30. The minimum atomic E-state index is -1.18. The summed E-state index contributed by atoms with van der Waals surface area (Å²) >= 11 is 12.3. The van der Waals surface area contributed by atoms with Crippen molar-refractivity contribution in [3.63, 3.8) is 0 Å². The number of fused-ring (bicyclic) bond motifs is 1. The molecule has 0 bridgehead atoms. The Kier molecular flexibility index (Phi) is 8.83. The fourth-order valence-electron chi connectivity index (χ4n) is 5.13. The van der Waals surface area contributed by atoms with Crippen molar-refractivity contribution in [1.82, 2.24) is 29.7 Å². The van der Waals surface area contributed by atoms with Gasteiger partial charge in [0.1, 0.15) is 11.9 Å². The molecule has 1 aliphatic rings. The third-order valence-corrected chi connectivity index (χ3v) is 7.89. The monoisotopic (exact) mass is 627 g/mol. The molecule has 1 aliphatic heterocycles. The zero-order valence-corrected chi connectivity index (χ0v) is 24.4. The van der Waals surface area contributed by atoms with E-state index in [-0.39, 0.29) is 45.1 Å². The first-order valence-electron chi connectivity index (χ1n) is 13.3. The molecule has 0 saturated carbocycles. The van der Waals surface area contributed by atoms with E-state index in [9.17, 15) is 24.0 Å². The predicted octanol–water partition coefficient (Wildman–Crippen LogP) is 3.10. The Bertz CT molecular complexity index is 1790. The number of nitrogens with one attached hydrogen (secondary N) is 4. The van der Waals surface area contributed by atoms with Crippen LogP contribution in [0.4, 0.5) is 10.6 Å². The second kappa shape index (κ2) is 12.7. The summed E-state index contributed by atoms with van der Waals surface area (Å²) < 4.78 is 6.63. The number of likely N-dealkylation sites (tertiary alicyclic amines) is 1.